The van der Waals surface area contributed by atoms with E-state index in [9.17, 15) is 4.79 Å². The number of carbonyl (C=O) groups excluding carboxylic acids is 1. The van der Waals surface area contributed by atoms with Crippen molar-refractivity contribution in [2.75, 3.05) is 32.9 Å². The van der Waals surface area contributed by atoms with Gasteiger partial charge >= 0.3 is 6.09 Å². The van der Waals surface area contributed by atoms with Gasteiger partial charge in [-0.05, 0) is 0 Å². The highest BCUT2D eigenvalue weighted by molar-refractivity contribution is 5.85. The number of rotatable bonds is 0. The number of carbonyl (C=O) groups is 1. The zero-order chi connectivity index (χ0) is 11.5. The lowest BCUT2D eigenvalue weighted by atomic mass is 10.8. The summed E-state index contributed by atoms with van der Waals surface area (Å²) in [5, 5.41) is 0. The Morgan fingerprint density at radius 1 is 1.06 bits per heavy atom. The molecule has 0 fully saturated rings. The molecule has 0 saturated heterocycles. The molecule has 0 bridgehead atoms. The maximum Gasteiger partial charge on any atom is 0.433 e. The molecule has 0 radical (unpaired) electrons. The lowest BCUT2D eigenvalue weighted by molar-refractivity contribution is 0.181. The Labute approximate surface area is 92.8 Å². The van der Waals surface area contributed by atoms with Crippen LogP contribution < -0.4 is 0 Å². The van der Waals surface area contributed by atoms with Gasteiger partial charge in [-0.15, -0.1) is 0 Å². The quantitative estimate of drug-likeness (QED) is 0.595. The summed E-state index contributed by atoms with van der Waals surface area (Å²) in [5.41, 5.74) is 0. The van der Waals surface area contributed by atoms with Gasteiger partial charge in [0, 0.05) is 6.21 Å². The number of hydrogen-bond donors (Lipinski definition) is 0. The van der Waals surface area contributed by atoms with Crippen LogP contribution >= 0.6 is 0 Å². The lowest BCUT2D eigenvalue weighted by Crippen LogP contribution is -1.87. The zero-order valence-corrected chi connectivity index (χ0v) is 8.74. The largest absolute Gasteiger partial charge is 0.482 e. The number of aliphatic imine (C=N–C) groups is 3. The molecule has 1 amide bonds. The maximum atomic E-state index is 9.82. The van der Waals surface area contributed by atoms with Crippen molar-refractivity contribution in [3.63, 3.8) is 0 Å². The fraction of sp³-hybridized carbons (Fsp3) is 0.556. The van der Waals surface area contributed by atoms with Crippen molar-refractivity contribution in [3.8, 4) is 0 Å². The van der Waals surface area contributed by atoms with Crippen LogP contribution in [0.1, 0.15) is 0 Å². The van der Waals surface area contributed by atoms with E-state index >= 15 is 0 Å². The van der Waals surface area contributed by atoms with E-state index in [1.807, 2.05) is 0 Å². The van der Waals surface area contributed by atoms with Crippen LogP contribution in [0, 0.1) is 0 Å². The summed E-state index contributed by atoms with van der Waals surface area (Å²) in [6.07, 6.45) is 3.93. The van der Waals surface area contributed by atoms with Gasteiger partial charge < -0.3 is 14.2 Å². The molecular weight excluding hydrogens is 214 g/mol. The first-order chi connectivity index (χ1) is 7.89. The molecule has 16 heavy (non-hydrogen) atoms. The number of ether oxygens (including phenoxy) is 3. The van der Waals surface area contributed by atoms with Crippen LogP contribution in [0.4, 0.5) is 4.79 Å². The summed E-state index contributed by atoms with van der Waals surface area (Å²) in [4.78, 5) is 20.5. The molecule has 0 atom stereocenters. The van der Waals surface area contributed by atoms with Crippen molar-refractivity contribution in [3.05, 3.63) is 0 Å². The van der Waals surface area contributed by atoms with Crippen molar-refractivity contribution < 1.29 is 19.0 Å². The number of cyclic esters (lactones) is 1. The Balaban J connectivity index is 0.000000121. The summed E-state index contributed by atoms with van der Waals surface area (Å²) in [6, 6.07) is 0. The second-order valence-corrected chi connectivity index (χ2v) is 2.65. The first-order valence-corrected chi connectivity index (χ1v) is 4.78. The predicted molar refractivity (Wildman–Crippen MR) is 58.5 cm³/mol. The molecule has 88 valence electrons. The molecule has 3 aliphatic heterocycles. The van der Waals surface area contributed by atoms with Crippen LogP contribution in [0.3, 0.4) is 0 Å². The molecule has 7 nitrogen and oxygen atoms in total. The van der Waals surface area contributed by atoms with E-state index in [4.69, 9.17) is 0 Å². The van der Waals surface area contributed by atoms with Gasteiger partial charge in [-0.2, -0.15) is 4.99 Å². The molecule has 0 aromatic heterocycles. The van der Waals surface area contributed by atoms with Gasteiger partial charge in [0.15, 0.2) is 12.8 Å². The van der Waals surface area contributed by atoms with E-state index in [1.165, 1.54) is 19.0 Å². The Morgan fingerprint density at radius 3 is 1.81 bits per heavy atom. The van der Waals surface area contributed by atoms with Crippen LogP contribution in [-0.4, -0.2) is 58.0 Å². The van der Waals surface area contributed by atoms with Gasteiger partial charge in [0.05, 0.1) is 13.1 Å². The van der Waals surface area contributed by atoms with E-state index < -0.39 is 6.09 Å². The highest BCUT2D eigenvalue weighted by Gasteiger charge is 2.00. The highest BCUT2D eigenvalue weighted by Crippen LogP contribution is 1.86. The lowest BCUT2D eigenvalue weighted by Gasteiger charge is -1.78. The third-order valence-corrected chi connectivity index (χ3v) is 1.45. The van der Waals surface area contributed by atoms with E-state index in [-0.39, 0.29) is 0 Å². The summed E-state index contributed by atoms with van der Waals surface area (Å²) in [6.45, 7) is 3.60. The minimum Gasteiger partial charge on any atom is -0.482 e. The molecule has 7 heteroatoms. The average molecular weight is 227 g/mol. The van der Waals surface area contributed by atoms with Gasteiger partial charge in [-0.3, -0.25) is 9.98 Å². The Morgan fingerprint density at radius 2 is 1.69 bits per heavy atom. The fourth-order valence-electron chi connectivity index (χ4n) is 0.785. The SMILES string of the molecule is C1=NCCO1.C1=NCCO1.O=C1N=CCO1. The molecule has 0 aromatic rings. The summed E-state index contributed by atoms with van der Waals surface area (Å²) < 4.78 is 13.6. The molecule has 0 saturated carbocycles. The normalized spacial score (nSPS) is 18.9. The minimum atomic E-state index is -0.477. The van der Waals surface area contributed by atoms with Crippen molar-refractivity contribution in [2.24, 2.45) is 15.0 Å². The Bertz CT molecular complexity index is 260. The minimum absolute atomic E-state index is 0.346. The summed E-state index contributed by atoms with van der Waals surface area (Å²) in [7, 11) is 0. The first kappa shape index (κ1) is 12.2. The van der Waals surface area contributed by atoms with Gasteiger partial charge in [0.2, 0.25) is 0 Å². The van der Waals surface area contributed by atoms with Crippen molar-refractivity contribution in [2.45, 2.75) is 0 Å². The van der Waals surface area contributed by atoms with Gasteiger partial charge in [-0.25, -0.2) is 4.79 Å². The van der Waals surface area contributed by atoms with E-state index in [0.29, 0.717) is 6.61 Å². The van der Waals surface area contributed by atoms with Crippen LogP contribution in [0.15, 0.2) is 15.0 Å². The number of hydrogen-bond acceptors (Lipinski definition) is 6. The summed E-state index contributed by atoms with van der Waals surface area (Å²) in [5.74, 6) is 0. The Hall–Kier alpha value is -1.92. The van der Waals surface area contributed by atoms with Crippen molar-refractivity contribution in [1.82, 2.24) is 0 Å². The van der Waals surface area contributed by atoms with Crippen molar-refractivity contribution in [1.29, 1.82) is 0 Å². The average Bonchev–Trinajstić information content (AvgIpc) is 3.07. The molecule has 3 aliphatic rings. The van der Waals surface area contributed by atoms with Crippen LogP contribution in [0.5, 0.6) is 0 Å². The molecule has 0 N–H and O–H groups in total. The van der Waals surface area contributed by atoms with Gasteiger partial charge in [-0.1, -0.05) is 0 Å². The molecule has 0 aromatic carbocycles. The third-order valence-electron chi connectivity index (χ3n) is 1.45. The Kier molecular flexibility index (Phi) is 6.37. The standard InChI is InChI=1S/C3H3NO2.2C3H5NO/c5-3-4-1-2-6-3;2*1-2-5-3-4-1/h1H,2H2;2*3H,1-2H2. The zero-order valence-electron chi connectivity index (χ0n) is 8.74. The van der Waals surface area contributed by atoms with Crippen molar-refractivity contribution >= 4 is 25.1 Å². The van der Waals surface area contributed by atoms with E-state index in [0.717, 1.165) is 26.3 Å². The number of nitrogens with zero attached hydrogens (tertiary/aromatic N) is 3. The summed E-state index contributed by atoms with van der Waals surface area (Å²) >= 11 is 0. The second kappa shape index (κ2) is 8.39. The van der Waals surface area contributed by atoms with E-state index in [1.54, 1.807) is 0 Å². The van der Waals surface area contributed by atoms with Gasteiger partial charge in [0.25, 0.3) is 0 Å². The molecule has 3 heterocycles. The molecule has 0 spiro atoms. The maximum absolute atomic E-state index is 9.82. The predicted octanol–water partition coefficient (Wildman–Crippen LogP) is 0.297. The van der Waals surface area contributed by atoms with E-state index in [2.05, 4.69) is 29.2 Å². The monoisotopic (exact) mass is 227 g/mol. The second-order valence-electron chi connectivity index (χ2n) is 2.65. The first-order valence-electron chi connectivity index (χ1n) is 4.78. The molecule has 3 rings (SSSR count). The molecule has 0 unspecified atom stereocenters. The molecular formula is C9H13N3O4. The fourth-order valence-corrected chi connectivity index (χ4v) is 0.785. The molecule has 0 aliphatic carbocycles. The smallest absolute Gasteiger partial charge is 0.433 e. The third kappa shape index (κ3) is 6.52. The highest BCUT2D eigenvalue weighted by atomic mass is 16.6. The topological polar surface area (TPSA) is 81.8 Å². The number of amides is 1. The van der Waals surface area contributed by atoms with Crippen LogP contribution in [0.25, 0.3) is 0 Å². The van der Waals surface area contributed by atoms with Gasteiger partial charge in [0.1, 0.15) is 19.8 Å². The van der Waals surface area contributed by atoms with Crippen LogP contribution in [-0.2, 0) is 14.2 Å². The van der Waals surface area contributed by atoms with Crippen LogP contribution in [0.2, 0.25) is 0 Å².